The lowest BCUT2D eigenvalue weighted by Gasteiger charge is -2.33. The molecule has 2 aromatic heterocycles. The summed E-state index contributed by atoms with van der Waals surface area (Å²) in [5.41, 5.74) is 6.59. The van der Waals surface area contributed by atoms with Crippen LogP contribution < -0.4 is 5.73 Å². The number of furan rings is 1. The Hall–Kier alpha value is -2.78. The van der Waals surface area contributed by atoms with Gasteiger partial charge >= 0.3 is 0 Å². The van der Waals surface area contributed by atoms with Gasteiger partial charge in [-0.3, -0.25) is 14.4 Å². The molecule has 1 saturated carbocycles. The first-order valence-corrected chi connectivity index (χ1v) is 11.7. The van der Waals surface area contributed by atoms with Crippen molar-refractivity contribution in [2.45, 2.75) is 55.5 Å². The van der Waals surface area contributed by atoms with Crippen LogP contribution in [-0.2, 0) is 14.3 Å². The molecule has 33 heavy (non-hydrogen) atoms. The molecule has 10 heteroatoms. The van der Waals surface area contributed by atoms with Crippen molar-refractivity contribution >= 4 is 29.2 Å². The van der Waals surface area contributed by atoms with E-state index in [2.05, 4.69) is 9.97 Å². The lowest BCUT2D eigenvalue weighted by atomic mass is 9.75. The number of rotatable bonds is 5. The number of ether oxygens (including phenoxy) is 1. The SMILES string of the molecule is NC(=O)c1oc(-c2ccncn2)cc1[C@@H](C(=O)N1C[C@H](Cl)[C@H]2OCC(=O)[C@H]21)C1CCCCC1. The molecule has 2 aromatic rings. The van der Waals surface area contributed by atoms with Gasteiger partial charge in [-0.1, -0.05) is 19.3 Å². The molecule has 2 aliphatic heterocycles. The normalized spacial score (nSPS) is 26.4. The monoisotopic (exact) mass is 472 g/mol. The van der Waals surface area contributed by atoms with Crippen molar-refractivity contribution in [3.8, 4) is 11.5 Å². The van der Waals surface area contributed by atoms with Crippen molar-refractivity contribution in [2.24, 2.45) is 11.7 Å². The van der Waals surface area contributed by atoms with Crippen molar-refractivity contribution in [1.29, 1.82) is 0 Å². The molecule has 0 bridgehead atoms. The Morgan fingerprint density at radius 3 is 2.73 bits per heavy atom. The summed E-state index contributed by atoms with van der Waals surface area (Å²) in [5, 5.41) is -0.464. The maximum Gasteiger partial charge on any atom is 0.284 e. The molecule has 2 saturated heterocycles. The molecule has 1 aliphatic carbocycles. The zero-order chi connectivity index (χ0) is 23.1. The fourth-order valence-electron chi connectivity index (χ4n) is 5.45. The first kappa shape index (κ1) is 22.0. The molecule has 3 fully saturated rings. The lowest BCUT2D eigenvalue weighted by Crippen LogP contribution is -2.46. The number of carbonyl (C=O) groups excluding carboxylic acids is 3. The number of likely N-dealkylation sites (tertiary alicyclic amines) is 1. The van der Waals surface area contributed by atoms with E-state index in [9.17, 15) is 14.4 Å². The van der Waals surface area contributed by atoms with Crippen LogP contribution in [0, 0.1) is 5.92 Å². The van der Waals surface area contributed by atoms with Gasteiger partial charge in [0.2, 0.25) is 5.91 Å². The maximum atomic E-state index is 14.0. The Morgan fingerprint density at radius 2 is 2.03 bits per heavy atom. The standard InChI is InChI=1S/C23H25ClN4O5/c24-14-9-28(19-16(29)10-32-21(14)19)23(31)18(12-4-2-1-3-5-12)13-8-17(33-20(13)22(25)30)15-6-7-26-11-27-15/h6-8,11-12,14,18-19,21H,1-5,9-10H2,(H2,25,30)/t14-,18-,19+,21+/m0/s1. The third kappa shape index (κ3) is 3.93. The van der Waals surface area contributed by atoms with Crippen LogP contribution in [0.1, 0.15) is 54.1 Å². The third-order valence-corrected chi connectivity index (χ3v) is 7.33. The maximum absolute atomic E-state index is 14.0. The molecule has 2 amide bonds. The summed E-state index contributed by atoms with van der Waals surface area (Å²) in [6.07, 6.45) is 7.18. The molecule has 4 atom stereocenters. The number of amides is 2. The van der Waals surface area contributed by atoms with Crippen LogP contribution in [0.15, 0.2) is 29.1 Å². The molecule has 9 nitrogen and oxygen atoms in total. The number of carbonyl (C=O) groups is 3. The molecular formula is C23H25ClN4O5. The average Bonchev–Trinajstić information content (AvgIpc) is 3.52. The fourth-order valence-corrected chi connectivity index (χ4v) is 5.81. The number of Topliss-reactive ketones (excluding diaryl/α,β-unsaturated/α-hetero) is 1. The molecule has 174 valence electrons. The van der Waals surface area contributed by atoms with Gasteiger partial charge in [0.15, 0.2) is 17.3 Å². The van der Waals surface area contributed by atoms with E-state index in [1.807, 2.05) is 0 Å². The minimum absolute atomic E-state index is 0.00884. The molecular weight excluding hydrogens is 448 g/mol. The van der Waals surface area contributed by atoms with Crippen molar-refractivity contribution < 1.29 is 23.5 Å². The number of hydrogen-bond acceptors (Lipinski definition) is 7. The largest absolute Gasteiger partial charge is 0.449 e. The second-order valence-electron chi connectivity index (χ2n) is 8.92. The van der Waals surface area contributed by atoms with Gasteiger partial charge in [0, 0.05) is 18.3 Å². The first-order valence-electron chi connectivity index (χ1n) is 11.2. The van der Waals surface area contributed by atoms with Crippen molar-refractivity contribution in [1.82, 2.24) is 14.9 Å². The number of hydrogen-bond donors (Lipinski definition) is 1. The van der Waals surface area contributed by atoms with Crippen molar-refractivity contribution in [3.05, 3.63) is 36.0 Å². The minimum Gasteiger partial charge on any atom is -0.449 e. The van der Waals surface area contributed by atoms with E-state index in [1.165, 1.54) is 6.33 Å². The average molecular weight is 473 g/mol. The third-order valence-electron chi connectivity index (χ3n) is 6.95. The highest BCUT2D eigenvalue weighted by Crippen LogP contribution is 2.43. The summed E-state index contributed by atoms with van der Waals surface area (Å²) in [7, 11) is 0. The second-order valence-corrected chi connectivity index (χ2v) is 9.48. The summed E-state index contributed by atoms with van der Waals surface area (Å²) < 4.78 is 11.4. The Balaban J connectivity index is 1.57. The number of alkyl halides is 1. The van der Waals surface area contributed by atoms with Crippen LogP contribution >= 0.6 is 11.6 Å². The van der Waals surface area contributed by atoms with Crippen LogP contribution in [0.3, 0.4) is 0 Å². The van der Waals surface area contributed by atoms with E-state index in [-0.39, 0.29) is 36.5 Å². The fraction of sp³-hybridized carbons (Fsp3) is 0.522. The molecule has 5 rings (SSSR count). The van der Waals surface area contributed by atoms with Crippen LogP contribution in [0.25, 0.3) is 11.5 Å². The van der Waals surface area contributed by atoms with Gasteiger partial charge in [-0.05, 0) is 30.9 Å². The topological polar surface area (TPSA) is 129 Å². The Morgan fingerprint density at radius 1 is 1.24 bits per heavy atom. The number of fused-ring (bicyclic) bond motifs is 1. The van der Waals surface area contributed by atoms with Crippen molar-refractivity contribution in [2.75, 3.05) is 13.2 Å². The van der Waals surface area contributed by atoms with E-state index >= 15 is 0 Å². The number of nitrogens with zero attached hydrogens (tertiary/aromatic N) is 3. The van der Waals surface area contributed by atoms with Gasteiger partial charge in [0.05, 0.1) is 11.3 Å². The number of primary amides is 1. The minimum atomic E-state index is -0.756. The number of ketones is 1. The van der Waals surface area contributed by atoms with Crippen LogP contribution in [0.2, 0.25) is 0 Å². The molecule has 0 radical (unpaired) electrons. The smallest absolute Gasteiger partial charge is 0.284 e. The van der Waals surface area contributed by atoms with Gasteiger partial charge in [-0.25, -0.2) is 9.97 Å². The van der Waals surface area contributed by atoms with Gasteiger partial charge in [0.1, 0.15) is 30.8 Å². The number of nitrogens with two attached hydrogens (primary N) is 1. The lowest BCUT2D eigenvalue weighted by molar-refractivity contribution is -0.139. The summed E-state index contributed by atoms with van der Waals surface area (Å²) in [5.74, 6) is -1.55. The molecule has 0 spiro atoms. The van der Waals surface area contributed by atoms with Crippen LogP contribution in [0.4, 0.5) is 0 Å². The van der Waals surface area contributed by atoms with E-state index in [0.717, 1.165) is 32.1 Å². The highest BCUT2D eigenvalue weighted by Gasteiger charge is 2.53. The zero-order valence-corrected chi connectivity index (χ0v) is 18.7. The van der Waals surface area contributed by atoms with Gasteiger partial charge in [0.25, 0.3) is 5.91 Å². The molecule has 3 aliphatic rings. The van der Waals surface area contributed by atoms with Crippen molar-refractivity contribution in [3.63, 3.8) is 0 Å². The zero-order valence-electron chi connectivity index (χ0n) is 18.0. The highest BCUT2D eigenvalue weighted by atomic mass is 35.5. The number of halogens is 1. The van der Waals surface area contributed by atoms with Gasteiger partial charge in [-0.2, -0.15) is 0 Å². The van der Waals surface area contributed by atoms with E-state index in [1.54, 1.807) is 23.2 Å². The summed E-state index contributed by atoms with van der Waals surface area (Å²) >= 11 is 6.44. The van der Waals surface area contributed by atoms with Gasteiger partial charge < -0.3 is 19.8 Å². The number of aromatic nitrogens is 2. The quantitative estimate of drug-likeness (QED) is 0.661. The summed E-state index contributed by atoms with van der Waals surface area (Å²) in [6.45, 7) is 0.166. The van der Waals surface area contributed by atoms with Crippen LogP contribution in [0.5, 0.6) is 0 Å². The summed E-state index contributed by atoms with van der Waals surface area (Å²) in [4.78, 5) is 48.6. The first-order chi connectivity index (χ1) is 16.0. The Kier molecular flexibility index (Phi) is 5.92. The molecule has 4 heterocycles. The Bertz CT molecular complexity index is 1070. The second kappa shape index (κ2) is 8.87. The predicted octanol–water partition coefficient (Wildman–Crippen LogP) is 2.29. The highest BCUT2D eigenvalue weighted by molar-refractivity contribution is 6.22. The van der Waals surface area contributed by atoms with Gasteiger partial charge in [-0.15, -0.1) is 11.6 Å². The van der Waals surface area contributed by atoms with E-state index in [0.29, 0.717) is 17.0 Å². The molecule has 0 unspecified atom stereocenters. The summed E-state index contributed by atoms with van der Waals surface area (Å²) in [6, 6.07) is 2.64. The molecule has 0 aromatic carbocycles. The Labute approximate surface area is 195 Å². The van der Waals surface area contributed by atoms with E-state index in [4.69, 9.17) is 26.5 Å². The molecule has 2 N–H and O–H groups in total. The predicted molar refractivity (Wildman–Crippen MR) is 117 cm³/mol. The van der Waals surface area contributed by atoms with E-state index < -0.39 is 29.3 Å². The van der Waals surface area contributed by atoms with Crippen LogP contribution in [-0.4, -0.2) is 63.1 Å².